The summed E-state index contributed by atoms with van der Waals surface area (Å²) in [7, 11) is 0. The highest BCUT2D eigenvalue weighted by molar-refractivity contribution is 5.03. The van der Waals surface area contributed by atoms with Gasteiger partial charge >= 0.3 is 0 Å². The Hall–Kier alpha value is -0.830. The van der Waals surface area contributed by atoms with E-state index < -0.39 is 0 Å². The van der Waals surface area contributed by atoms with Crippen molar-refractivity contribution < 1.29 is 0 Å². The van der Waals surface area contributed by atoms with Gasteiger partial charge in [-0.05, 0) is 25.2 Å². The van der Waals surface area contributed by atoms with Gasteiger partial charge in [-0.2, -0.15) is 0 Å². The molecular formula is C14H25N3. The van der Waals surface area contributed by atoms with Crippen LogP contribution in [-0.4, -0.2) is 15.6 Å². The number of imidazole rings is 1. The normalized spacial score (nSPS) is 29.8. The summed E-state index contributed by atoms with van der Waals surface area (Å²) in [6, 6.07) is 0.748. The Labute approximate surface area is 104 Å². The van der Waals surface area contributed by atoms with Crippen LogP contribution in [0.4, 0.5) is 0 Å². The lowest BCUT2D eigenvalue weighted by Crippen LogP contribution is -2.38. The van der Waals surface area contributed by atoms with Crippen LogP contribution in [-0.2, 0) is 0 Å². The summed E-state index contributed by atoms with van der Waals surface area (Å²) in [5.41, 5.74) is 6.31. The van der Waals surface area contributed by atoms with E-state index in [1.54, 1.807) is 0 Å². The lowest BCUT2D eigenvalue weighted by molar-refractivity contribution is 0.225. The Balaban J connectivity index is 2.21. The van der Waals surface area contributed by atoms with Crippen LogP contribution in [0.25, 0.3) is 0 Å². The fourth-order valence-electron chi connectivity index (χ4n) is 3.00. The molecule has 96 valence electrons. The molecule has 0 aliphatic heterocycles. The maximum atomic E-state index is 6.31. The number of nitrogens with two attached hydrogens (primary N) is 1. The van der Waals surface area contributed by atoms with Crippen LogP contribution in [0.3, 0.4) is 0 Å². The predicted octanol–water partition coefficient (Wildman–Crippen LogP) is 3.09. The van der Waals surface area contributed by atoms with Gasteiger partial charge in [-0.25, -0.2) is 4.98 Å². The van der Waals surface area contributed by atoms with Crippen molar-refractivity contribution in [3.8, 4) is 0 Å². The van der Waals surface area contributed by atoms with Crippen LogP contribution in [0.1, 0.15) is 64.2 Å². The lowest BCUT2D eigenvalue weighted by atomic mass is 9.81. The van der Waals surface area contributed by atoms with Gasteiger partial charge in [0, 0.05) is 24.4 Å². The molecule has 1 aliphatic carbocycles. The molecule has 0 radical (unpaired) electrons. The van der Waals surface area contributed by atoms with Crippen molar-refractivity contribution in [1.82, 2.24) is 9.55 Å². The second-order valence-corrected chi connectivity index (χ2v) is 5.67. The van der Waals surface area contributed by atoms with Gasteiger partial charge in [-0.1, -0.05) is 27.2 Å². The zero-order valence-electron chi connectivity index (χ0n) is 11.3. The zero-order chi connectivity index (χ0) is 12.4. The summed E-state index contributed by atoms with van der Waals surface area (Å²) >= 11 is 0. The largest absolute Gasteiger partial charge is 0.330 e. The van der Waals surface area contributed by atoms with E-state index in [1.165, 1.54) is 25.1 Å². The van der Waals surface area contributed by atoms with Gasteiger partial charge in [0.25, 0.3) is 0 Å². The van der Waals surface area contributed by atoms with Crippen molar-refractivity contribution in [2.24, 2.45) is 11.7 Å². The fraction of sp³-hybridized carbons (Fsp3) is 0.786. The van der Waals surface area contributed by atoms with Gasteiger partial charge in [0.15, 0.2) is 0 Å². The van der Waals surface area contributed by atoms with Gasteiger partial charge in [0.05, 0.1) is 6.04 Å². The molecule has 0 aromatic carbocycles. The van der Waals surface area contributed by atoms with Crippen LogP contribution in [0.15, 0.2) is 12.4 Å². The first kappa shape index (κ1) is 12.6. The molecule has 0 amide bonds. The van der Waals surface area contributed by atoms with Crippen molar-refractivity contribution in [3.63, 3.8) is 0 Å². The number of nitrogens with zero attached hydrogens (tertiary/aromatic N) is 2. The molecule has 0 spiro atoms. The smallest absolute Gasteiger partial charge is 0.111 e. The van der Waals surface area contributed by atoms with E-state index in [-0.39, 0.29) is 0 Å². The molecule has 3 atom stereocenters. The topological polar surface area (TPSA) is 43.8 Å². The molecule has 1 saturated carbocycles. The quantitative estimate of drug-likeness (QED) is 0.875. The summed E-state index contributed by atoms with van der Waals surface area (Å²) in [4.78, 5) is 4.48. The van der Waals surface area contributed by atoms with Crippen molar-refractivity contribution in [2.45, 2.75) is 64.5 Å². The first-order valence-corrected chi connectivity index (χ1v) is 6.91. The monoisotopic (exact) mass is 235 g/mol. The molecule has 2 N–H and O–H groups in total. The molecule has 1 aromatic heterocycles. The summed E-state index contributed by atoms with van der Waals surface area (Å²) in [5, 5.41) is 0. The van der Waals surface area contributed by atoms with Crippen molar-refractivity contribution >= 4 is 0 Å². The minimum atomic E-state index is 0.296. The van der Waals surface area contributed by atoms with E-state index in [0.717, 1.165) is 12.3 Å². The van der Waals surface area contributed by atoms with Gasteiger partial charge in [0.1, 0.15) is 5.82 Å². The first-order chi connectivity index (χ1) is 8.13. The third-order valence-corrected chi connectivity index (χ3v) is 4.13. The SMILES string of the molecule is CCC1CCC(N)C(n2ccnc2C(C)C)C1. The average Bonchev–Trinajstić information content (AvgIpc) is 2.78. The highest BCUT2D eigenvalue weighted by Gasteiger charge is 2.29. The molecule has 2 rings (SSSR count). The highest BCUT2D eigenvalue weighted by atomic mass is 15.1. The van der Waals surface area contributed by atoms with Crippen LogP contribution in [0.5, 0.6) is 0 Å². The van der Waals surface area contributed by atoms with Crippen molar-refractivity contribution in [3.05, 3.63) is 18.2 Å². The molecule has 3 heteroatoms. The molecule has 0 bridgehead atoms. The Morgan fingerprint density at radius 2 is 2.24 bits per heavy atom. The van der Waals surface area contributed by atoms with Gasteiger partial charge in [-0.15, -0.1) is 0 Å². The van der Waals surface area contributed by atoms with Crippen LogP contribution in [0.2, 0.25) is 0 Å². The van der Waals surface area contributed by atoms with E-state index in [1.807, 2.05) is 6.20 Å². The van der Waals surface area contributed by atoms with Crippen LogP contribution in [0, 0.1) is 5.92 Å². The van der Waals surface area contributed by atoms with Crippen molar-refractivity contribution in [1.29, 1.82) is 0 Å². The average molecular weight is 235 g/mol. The molecule has 0 saturated heterocycles. The van der Waals surface area contributed by atoms with Crippen molar-refractivity contribution in [2.75, 3.05) is 0 Å². The molecule has 3 nitrogen and oxygen atoms in total. The summed E-state index contributed by atoms with van der Waals surface area (Å²) in [5.74, 6) is 2.49. The van der Waals surface area contributed by atoms with E-state index in [0.29, 0.717) is 18.0 Å². The third-order valence-electron chi connectivity index (χ3n) is 4.13. The first-order valence-electron chi connectivity index (χ1n) is 6.91. The minimum absolute atomic E-state index is 0.296. The van der Waals surface area contributed by atoms with Gasteiger partial charge in [-0.3, -0.25) is 0 Å². The third kappa shape index (κ3) is 2.54. The number of hydrogen-bond acceptors (Lipinski definition) is 2. The molecule has 1 heterocycles. The van der Waals surface area contributed by atoms with Crippen LogP contribution >= 0.6 is 0 Å². The molecule has 17 heavy (non-hydrogen) atoms. The Morgan fingerprint density at radius 3 is 2.88 bits per heavy atom. The number of rotatable bonds is 3. The lowest BCUT2D eigenvalue weighted by Gasteiger charge is -2.35. The van der Waals surface area contributed by atoms with Gasteiger partial charge in [0.2, 0.25) is 0 Å². The maximum Gasteiger partial charge on any atom is 0.111 e. The standard InChI is InChI=1S/C14H25N3/c1-4-11-5-6-12(15)13(9-11)17-8-7-16-14(17)10(2)3/h7-8,10-13H,4-6,9,15H2,1-3H3. The van der Waals surface area contributed by atoms with Gasteiger partial charge < -0.3 is 10.3 Å². The maximum absolute atomic E-state index is 6.31. The Kier molecular flexibility index (Phi) is 3.87. The molecular weight excluding hydrogens is 210 g/mol. The number of hydrogen-bond donors (Lipinski definition) is 1. The zero-order valence-corrected chi connectivity index (χ0v) is 11.3. The Morgan fingerprint density at radius 1 is 1.47 bits per heavy atom. The summed E-state index contributed by atoms with van der Waals surface area (Å²) < 4.78 is 2.33. The summed E-state index contributed by atoms with van der Waals surface area (Å²) in [6.45, 7) is 6.69. The number of aromatic nitrogens is 2. The second kappa shape index (κ2) is 5.21. The molecule has 1 aliphatic rings. The van der Waals surface area contributed by atoms with E-state index in [2.05, 4.69) is 36.5 Å². The molecule has 3 unspecified atom stereocenters. The Bertz CT molecular complexity index is 356. The van der Waals surface area contributed by atoms with E-state index in [9.17, 15) is 0 Å². The highest BCUT2D eigenvalue weighted by Crippen LogP contribution is 2.35. The summed E-state index contributed by atoms with van der Waals surface area (Å²) in [6.07, 6.45) is 8.96. The van der Waals surface area contributed by atoms with E-state index in [4.69, 9.17) is 5.73 Å². The predicted molar refractivity (Wildman–Crippen MR) is 71.0 cm³/mol. The fourth-order valence-corrected chi connectivity index (χ4v) is 3.00. The molecule has 1 aromatic rings. The van der Waals surface area contributed by atoms with Crippen LogP contribution < -0.4 is 5.73 Å². The molecule has 1 fully saturated rings. The second-order valence-electron chi connectivity index (χ2n) is 5.67. The minimum Gasteiger partial charge on any atom is -0.330 e. The van der Waals surface area contributed by atoms with E-state index >= 15 is 0 Å².